The molecule has 0 fully saturated rings. The Morgan fingerprint density at radius 2 is 1.86 bits per heavy atom. The average Bonchev–Trinajstić information content (AvgIpc) is 2.48. The van der Waals surface area contributed by atoms with Crippen LogP contribution in [0, 0.1) is 0 Å². The van der Waals surface area contributed by atoms with Crippen molar-refractivity contribution in [2.75, 3.05) is 13.7 Å². The average molecular weight is 349 g/mol. The van der Waals surface area contributed by atoms with Crippen LogP contribution in [0.3, 0.4) is 0 Å². The first-order valence-electron chi connectivity index (χ1n) is 6.72. The molecule has 21 heavy (non-hydrogen) atoms. The number of Topliss-reactive ketones (excluding diaryl/α,β-unsaturated/α-hetero) is 1. The van der Waals surface area contributed by atoms with Gasteiger partial charge in [-0.1, -0.05) is 6.07 Å². The molecular weight excluding hydrogens is 332 g/mol. The maximum Gasteiger partial charge on any atom is 0.167 e. The van der Waals surface area contributed by atoms with E-state index in [1.54, 1.807) is 19.2 Å². The second-order valence-corrected chi connectivity index (χ2v) is 5.38. The van der Waals surface area contributed by atoms with Crippen molar-refractivity contribution in [2.24, 2.45) is 0 Å². The van der Waals surface area contributed by atoms with Crippen LogP contribution in [0.4, 0.5) is 0 Å². The van der Waals surface area contributed by atoms with E-state index < -0.39 is 0 Å². The third kappa shape index (κ3) is 4.08. The molecule has 2 aromatic rings. The zero-order chi connectivity index (χ0) is 15.2. The highest BCUT2D eigenvalue weighted by molar-refractivity contribution is 9.10. The molecule has 0 radical (unpaired) electrons. The van der Waals surface area contributed by atoms with Crippen molar-refractivity contribution in [1.29, 1.82) is 0 Å². The first-order chi connectivity index (χ1) is 10.1. The Labute approximate surface area is 133 Å². The molecule has 0 unspecified atom stereocenters. The predicted octanol–water partition coefficient (Wildman–Crippen LogP) is 4.28. The molecule has 4 heteroatoms. The van der Waals surface area contributed by atoms with E-state index in [4.69, 9.17) is 9.47 Å². The van der Waals surface area contributed by atoms with Gasteiger partial charge in [-0.05, 0) is 64.8 Å². The van der Waals surface area contributed by atoms with Crippen LogP contribution < -0.4 is 9.47 Å². The summed E-state index contributed by atoms with van der Waals surface area (Å²) in [5.74, 6) is 1.61. The largest absolute Gasteiger partial charge is 0.496 e. The molecule has 0 aromatic heterocycles. The number of carbonyl (C=O) groups is 1. The molecule has 0 amide bonds. The first-order valence-corrected chi connectivity index (χ1v) is 7.51. The maximum atomic E-state index is 12.3. The van der Waals surface area contributed by atoms with E-state index in [1.165, 1.54) is 0 Å². The number of carbonyl (C=O) groups excluding carboxylic acids is 1. The molecule has 3 nitrogen and oxygen atoms in total. The van der Waals surface area contributed by atoms with Crippen molar-refractivity contribution in [3.05, 3.63) is 58.1 Å². The predicted molar refractivity (Wildman–Crippen MR) is 86.3 cm³/mol. The summed E-state index contributed by atoms with van der Waals surface area (Å²) >= 11 is 3.43. The topological polar surface area (TPSA) is 35.5 Å². The first kappa shape index (κ1) is 15.6. The van der Waals surface area contributed by atoms with Crippen LogP contribution in [-0.4, -0.2) is 19.5 Å². The number of ketones is 1. The molecule has 0 aliphatic carbocycles. The van der Waals surface area contributed by atoms with Crippen LogP contribution in [0.1, 0.15) is 22.8 Å². The molecule has 0 saturated heterocycles. The van der Waals surface area contributed by atoms with Gasteiger partial charge in [0.25, 0.3) is 0 Å². The lowest BCUT2D eigenvalue weighted by Gasteiger charge is -2.07. The molecule has 0 atom stereocenters. The summed E-state index contributed by atoms with van der Waals surface area (Å²) in [6, 6.07) is 12.9. The summed E-state index contributed by atoms with van der Waals surface area (Å²) in [4.78, 5) is 12.3. The Morgan fingerprint density at radius 3 is 2.43 bits per heavy atom. The van der Waals surface area contributed by atoms with E-state index in [2.05, 4.69) is 15.9 Å². The summed E-state index contributed by atoms with van der Waals surface area (Å²) in [6.07, 6.45) is 0.358. The van der Waals surface area contributed by atoms with Crippen molar-refractivity contribution < 1.29 is 14.3 Å². The molecule has 0 heterocycles. The molecule has 0 bridgehead atoms. The summed E-state index contributed by atoms with van der Waals surface area (Å²) < 4.78 is 11.4. The quantitative estimate of drug-likeness (QED) is 0.730. The van der Waals surface area contributed by atoms with Crippen LogP contribution in [0.25, 0.3) is 0 Å². The highest BCUT2D eigenvalue weighted by Crippen LogP contribution is 2.26. The summed E-state index contributed by atoms with van der Waals surface area (Å²) in [5.41, 5.74) is 1.63. The monoisotopic (exact) mass is 348 g/mol. The zero-order valence-corrected chi connectivity index (χ0v) is 13.6. The molecule has 2 aromatic carbocycles. The van der Waals surface area contributed by atoms with Crippen molar-refractivity contribution in [3.8, 4) is 11.5 Å². The minimum atomic E-state index is 0.0788. The van der Waals surface area contributed by atoms with Gasteiger partial charge in [0.05, 0.1) is 18.2 Å². The van der Waals surface area contributed by atoms with Crippen molar-refractivity contribution in [3.63, 3.8) is 0 Å². The smallest absolute Gasteiger partial charge is 0.167 e. The third-order valence-corrected chi connectivity index (χ3v) is 3.69. The fraction of sp³-hybridized carbons (Fsp3) is 0.235. The van der Waals surface area contributed by atoms with Gasteiger partial charge < -0.3 is 9.47 Å². The molecule has 0 aliphatic heterocycles. The summed E-state index contributed by atoms with van der Waals surface area (Å²) in [7, 11) is 1.62. The lowest BCUT2D eigenvalue weighted by Crippen LogP contribution is -2.04. The van der Waals surface area contributed by atoms with Gasteiger partial charge in [-0.3, -0.25) is 4.79 Å². The lowest BCUT2D eigenvalue weighted by molar-refractivity contribution is 0.0993. The van der Waals surface area contributed by atoms with E-state index in [1.807, 2.05) is 37.3 Å². The van der Waals surface area contributed by atoms with E-state index in [0.29, 0.717) is 18.6 Å². The minimum Gasteiger partial charge on any atom is -0.496 e. The summed E-state index contributed by atoms with van der Waals surface area (Å²) in [6.45, 7) is 2.55. The van der Waals surface area contributed by atoms with Gasteiger partial charge in [-0.25, -0.2) is 0 Å². The van der Waals surface area contributed by atoms with Gasteiger partial charge in [0.2, 0.25) is 0 Å². The molecule has 0 aliphatic rings. The van der Waals surface area contributed by atoms with Crippen LogP contribution in [0.5, 0.6) is 11.5 Å². The number of methoxy groups -OCH3 is 1. The van der Waals surface area contributed by atoms with E-state index >= 15 is 0 Å². The number of rotatable bonds is 6. The maximum absolute atomic E-state index is 12.3. The van der Waals surface area contributed by atoms with E-state index in [0.717, 1.165) is 21.5 Å². The van der Waals surface area contributed by atoms with Gasteiger partial charge in [0, 0.05) is 12.0 Å². The van der Waals surface area contributed by atoms with Crippen molar-refractivity contribution >= 4 is 21.7 Å². The molecule has 0 saturated carbocycles. The second-order valence-electron chi connectivity index (χ2n) is 4.53. The van der Waals surface area contributed by atoms with Gasteiger partial charge in [-0.15, -0.1) is 0 Å². The lowest BCUT2D eigenvalue weighted by atomic mass is 10.0. The van der Waals surface area contributed by atoms with Crippen LogP contribution in [0.2, 0.25) is 0 Å². The van der Waals surface area contributed by atoms with Crippen LogP contribution in [-0.2, 0) is 6.42 Å². The van der Waals surface area contributed by atoms with Gasteiger partial charge in [-0.2, -0.15) is 0 Å². The van der Waals surface area contributed by atoms with Gasteiger partial charge in [0.1, 0.15) is 11.5 Å². The Hall–Kier alpha value is -1.81. The van der Waals surface area contributed by atoms with Crippen molar-refractivity contribution in [2.45, 2.75) is 13.3 Å². The number of ether oxygens (including phenoxy) is 2. The standard InChI is InChI=1S/C17H17BrO3/c1-3-21-14-7-5-13(6-8-14)16(19)11-12-4-9-17(20-2)15(18)10-12/h4-10H,3,11H2,1-2H3. The number of benzene rings is 2. The highest BCUT2D eigenvalue weighted by Gasteiger charge is 2.09. The normalized spacial score (nSPS) is 10.2. The molecular formula is C17H17BrO3. The van der Waals surface area contributed by atoms with Gasteiger partial charge in [0.15, 0.2) is 5.78 Å². The molecule has 2 rings (SSSR count). The third-order valence-electron chi connectivity index (χ3n) is 3.07. The fourth-order valence-electron chi connectivity index (χ4n) is 2.01. The number of hydrogen-bond acceptors (Lipinski definition) is 3. The Morgan fingerprint density at radius 1 is 1.14 bits per heavy atom. The Balaban J connectivity index is 2.08. The van der Waals surface area contributed by atoms with E-state index in [9.17, 15) is 4.79 Å². The molecule has 0 spiro atoms. The highest BCUT2D eigenvalue weighted by atomic mass is 79.9. The molecule has 0 N–H and O–H groups in total. The van der Waals surface area contributed by atoms with Crippen LogP contribution >= 0.6 is 15.9 Å². The Kier molecular flexibility index (Phi) is 5.39. The number of halogens is 1. The number of hydrogen-bond donors (Lipinski definition) is 0. The van der Waals surface area contributed by atoms with E-state index in [-0.39, 0.29) is 5.78 Å². The Bertz CT molecular complexity index is 620. The minimum absolute atomic E-state index is 0.0788. The van der Waals surface area contributed by atoms with Crippen molar-refractivity contribution in [1.82, 2.24) is 0 Å². The van der Waals surface area contributed by atoms with Crippen LogP contribution in [0.15, 0.2) is 46.9 Å². The SMILES string of the molecule is CCOc1ccc(C(=O)Cc2ccc(OC)c(Br)c2)cc1. The molecule has 110 valence electrons. The fourth-order valence-corrected chi connectivity index (χ4v) is 2.60. The summed E-state index contributed by atoms with van der Waals surface area (Å²) in [5, 5.41) is 0. The van der Waals surface area contributed by atoms with Gasteiger partial charge >= 0.3 is 0 Å². The second kappa shape index (κ2) is 7.27. The zero-order valence-electron chi connectivity index (χ0n) is 12.1.